The predicted molar refractivity (Wildman–Crippen MR) is 157 cm³/mol. The number of oxime groups is 1. The van der Waals surface area contributed by atoms with Crippen LogP contribution in [0.1, 0.15) is 63.2 Å². The normalized spacial score (nSPS) is 20.2. The molecule has 244 valence electrons. The van der Waals surface area contributed by atoms with Crippen molar-refractivity contribution in [1.82, 2.24) is 18.8 Å². The van der Waals surface area contributed by atoms with Gasteiger partial charge in [0.15, 0.2) is 5.82 Å². The van der Waals surface area contributed by atoms with E-state index in [1.165, 1.54) is 35.5 Å². The van der Waals surface area contributed by atoms with Gasteiger partial charge in [0.05, 0.1) is 9.79 Å². The Morgan fingerprint density at radius 3 is 1.91 bits per heavy atom. The maximum absolute atomic E-state index is 13.0. The summed E-state index contributed by atoms with van der Waals surface area (Å²) >= 11 is 0. The van der Waals surface area contributed by atoms with Crippen molar-refractivity contribution in [2.75, 3.05) is 13.1 Å². The second kappa shape index (κ2) is 14.5. The molecule has 0 amide bonds. The summed E-state index contributed by atoms with van der Waals surface area (Å²) in [5, 5.41) is 7.11. The monoisotopic (exact) mass is 668 g/mol. The number of nitrogens with two attached hydrogens (primary N) is 1. The first kappa shape index (κ1) is 34.1. The number of aromatic nitrogens is 2. The molecule has 0 saturated carbocycles. The fourth-order valence-corrected chi connectivity index (χ4v) is 8.28. The highest BCUT2D eigenvalue weighted by molar-refractivity contribution is 7.89. The van der Waals surface area contributed by atoms with E-state index in [1.54, 1.807) is 6.92 Å². The Balaban J connectivity index is 0.000000205. The average molecular weight is 669 g/mol. The van der Waals surface area contributed by atoms with Gasteiger partial charge in [-0.3, -0.25) is 0 Å². The number of amidine groups is 1. The van der Waals surface area contributed by atoms with Crippen molar-refractivity contribution >= 4 is 31.9 Å². The van der Waals surface area contributed by atoms with E-state index in [0.717, 1.165) is 41.4 Å². The number of nitrogens with zero attached hydrogens (tertiary/aromatic N) is 5. The van der Waals surface area contributed by atoms with Crippen LogP contribution in [-0.4, -0.2) is 66.5 Å². The molecule has 45 heavy (non-hydrogen) atoms. The molecule has 2 fully saturated rings. The first-order chi connectivity index (χ1) is 21.3. The number of halogens is 2. The van der Waals surface area contributed by atoms with Crippen LogP contribution in [0.25, 0.3) is 0 Å². The Kier molecular flexibility index (Phi) is 11.0. The van der Waals surface area contributed by atoms with Crippen LogP contribution in [0, 0.1) is 18.6 Å². The Morgan fingerprint density at radius 1 is 0.889 bits per heavy atom. The molecular weight excluding hydrogens is 634 g/mol. The molecule has 2 aliphatic rings. The van der Waals surface area contributed by atoms with Crippen LogP contribution >= 0.6 is 0 Å². The molecule has 0 spiro atoms. The van der Waals surface area contributed by atoms with Crippen molar-refractivity contribution in [1.29, 1.82) is 0 Å². The molecule has 2 N–H and O–H groups in total. The van der Waals surface area contributed by atoms with Gasteiger partial charge in [-0.25, -0.2) is 30.4 Å². The highest BCUT2D eigenvalue weighted by atomic mass is 32.2. The third-order valence-electron chi connectivity index (χ3n) is 7.13. The molecule has 2 saturated heterocycles. The summed E-state index contributed by atoms with van der Waals surface area (Å²) in [4.78, 5) is 20.9. The molecule has 13 nitrogen and oxygen atoms in total. The first-order valence-electron chi connectivity index (χ1n) is 14.2. The quantitative estimate of drug-likeness (QED) is 0.169. The second-order valence-corrected chi connectivity index (χ2v) is 14.3. The molecule has 2 aliphatic heterocycles. The number of piperidine rings is 2. The molecule has 17 heteroatoms. The SMILES string of the molecule is C/C(N)=N/OC(=O)[C@@H]1CCCCN1S(=O)(=O)c1ccc(F)cc1.Cc1noc([C@@H]2CCCCN2S(=O)(=O)c2ccc(F)cc2)n1. The Morgan fingerprint density at radius 2 is 1.40 bits per heavy atom. The number of sulfonamides is 2. The van der Waals surface area contributed by atoms with Crippen LogP contribution in [0.3, 0.4) is 0 Å². The van der Waals surface area contributed by atoms with Gasteiger partial charge in [0, 0.05) is 13.1 Å². The summed E-state index contributed by atoms with van der Waals surface area (Å²) in [6.45, 7) is 3.70. The van der Waals surface area contributed by atoms with Crippen molar-refractivity contribution in [2.45, 2.75) is 74.2 Å². The van der Waals surface area contributed by atoms with Crippen molar-refractivity contribution in [3.05, 3.63) is 71.9 Å². The topological polar surface area (TPSA) is 178 Å². The molecule has 3 heterocycles. The van der Waals surface area contributed by atoms with Crippen molar-refractivity contribution in [2.24, 2.45) is 10.9 Å². The molecule has 0 radical (unpaired) electrons. The van der Waals surface area contributed by atoms with E-state index >= 15 is 0 Å². The number of hydrogen-bond donors (Lipinski definition) is 1. The van der Waals surface area contributed by atoms with E-state index in [1.807, 2.05) is 0 Å². The molecule has 3 aromatic rings. The summed E-state index contributed by atoms with van der Waals surface area (Å²) in [7, 11) is -7.65. The Bertz CT molecular complexity index is 1710. The summed E-state index contributed by atoms with van der Waals surface area (Å²) < 4.78 is 84.6. The number of hydrogen-bond acceptors (Lipinski definition) is 10. The fourth-order valence-electron chi connectivity index (χ4n) is 4.98. The highest BCUT2D eigenvalue weighted by Crippen LogP contribution is 2.34. The lowest BCUT2D eigenvalue weighted by Crippen LogP contribution is -2.48. The molecule has 0 aliphatic carbocycles. The minimum absolute atomic E-state index is 0.0575. The molecular formula is C28H34F2N6O7S2. The summed E-state index contributed by atoms with van der Waals surface area (Å²) in [6.07, 6.45) is 3.94. The van der Waals surface area contributed by atoms with E-state index in [2.05, 4.69) is 20.1 Å². The number of carbonyl (C=O) groups excluding carboxylic acids is 1. The van der Waals surface area contributed by atoms with Crippen LogP contribution in [0.4, 0.5) is 8.78 Å². The number of rotatable bonds is 7. The zero-order valence-electron chi connectivity index (χ0n) is 24.7. The van der Waals surface area contributed by atoms with Gasteiger partial charge in [0.25, 0.3) is 0 Å². The Hall–Kier alpha value is -3.80. The maximum Gasteiger partial charge on any atom is 0.353 e. The number of aryl methyl sites for hydroxylation is 1. The van der Waals surface area contributed by atoms with E-state index in [9.17, 15) is 30.4 Å². The standard InChI is InChI=1S/C14H18FN3O4S.C14H16FN3O3S/c1-10(16)17-22-14(19)13-4-2-3-9-18(13)23(20,21)12-7-5-11(15)6-8-12;1-10-16-14(21-17-10)13-4-2-3-9-18(13)22(19,20)12-7-5-11(15)6-8-12/h5-8,13H,2-4,9H2,1H3,(H2,16,17);5-8,13H,2-4,9H2,1H3/t2*13-/m00/s1. The molecule has 2 atom stereocenters. The molecule has 2 aromatic carbocycles. The van der Waals surface area contributed by atoms with Crippen molar-refractivity contribution in [3.8, 4) is 0 Å². The van der Waals surface area contributed by atoms with Gasteiger partial charge in [-0.1, -0.05) is 16.7 Å². The van der Waals surface area contributed by atoms with Crippen LogP contribution < -0.4 is 5.73 Å². The first-order valence-corrected chi connectivity index (χ1v) is 17.0. The molecule has 0 bridgehead atoms. The molecule has 0 unspecified atom stereocenters. The smallest absolute Gasteiger partial charge is 0.353 e. The fraction of sp³-hybridized carbons (Fsp3) is 0.429. The van der Waals surface area contributed by atoms with E-state index in [0.29, 0.717) is 43.9 Å². The van der Waals surface area contributed by atoms with Gasteiger partial charge in [-0.15, -0.1) is 0 Å². The second-order valence-electron chi connectivity index (χ2n) is 10.5. The van der Waals surface area contributed by atoms with Crippen molar-refractivity contribution in [3.63, 3.8) is 0 Å². The predicted octanol–water partition coefficient (Wildman–Crippen LogP) is 3.64. The van der Waals surface area contributed by atoms with Crippen LogP contribution in [0.2, 0.25) is 0 Å². The van der Waals surface area contributed by atoms with E-state index in [4.69, 9.17) is 10.3 Å². The maximum atomic E-state index is 13.0. The minimum atomic E-state index is -3.93. The largest absolute Gasteiger partial charge is 0.385 e. The van der Waals surface area contributed by atoms with Crippen LogP contribution in [0.5, 0.6) is 0 Å². The van der Waals surface area contributed by atoms with Gasteiger partial charge in [0.1, 0.15) is 29.6 Å². The number of carbonyl (C=O) groups is 1. The zero-order valence-corrected chi connectivity index (χ0v) is 26.3. The van der Waals surface area contributed by atoms with Crippen LogP contribution in [0.15, 0.2) is 68.0 Å². The van der Waals surface area contributed by atoms with Gasteiger partial charge in [0.2, 0.25) is 25.9 Å². The van der Waals surface area contributed by atoms with Gasteiger partial charge in [-0.05, 0) is 94.5 Å². The zero-order chi connectivity index (χ0) is 32.8. The average Bonchev–Trinajstić information content (AvgIpc) is 3.46. The third kappa shape index (κ3) is 8.27. The lowest BCUT2D eigenvalue weighted by Gasteiger charge is -2.32. The van der Waals surface area contributed by atoms with E-state index in [-0.39, 0.29) is 22.2 Å². The van der Waals surface area contributed by atoms with Crippen molar-refractivity contribution < 1.29 is 39.8 Å². The molecule has 5 rings (SSSR count). The Labute approximate surface area is 260 Å². The van der Waals surface area contributed by atoms with Gasteiger partial charge >= 0.3 is 5.97 Å². The van der Waals surface area contributed by atoms with Gasteiger partial charge < -0.3 is 15.1 Å². The summed E-state index contributed by atoms with van der Waals surface area (Å²) in [5.41, 5.74) is 5.30. The lowest BCUT2D eigenvalue weighted by atomic mass is 10.1. The highest BCUT2D eigenvalue weighted by Gasteiger charge is 2.39. The van der Waals surface area contributed by atoms with Crippen LogP contribution in [-0.2, 0) is 29.7 Å². The minimum Gasteiger partial charge on any atom is -0.385 e. The summed E-state index contributed by atoms with van der Waals surface area (Å²) in [5.74, 6) is -0.946. The van der Waals surface area contributed by atoms with E-state index < -0.39 is 49.7 Å². The molecule has 1 aromatic heterocycles. The third-order valence-corrected chi connectivity index (χ3v) is 11.0. The van der Waals surface area contributed by atoms with Gasteiger partial charge in [-0.2, -0.15) is 13.6 Å². The summed E-state index contributed by atoms with van der Waals surface area (Å²) in [6, 6.07) is 7.86. The lowest BCUT2D eigenvalue weighted by molar-refractivity contribution is -0.149. The number of benzene rings is 2.